The molecule has 0 radical (unpaired) electrons. The van der Waals surface area contributed by atoms with Crippen LogP contribution in [0.2, 0.25) is 0 Å². The number of nitrogens with zero attached hydrogens (tertiary/aromatic N) is 1. The van der Waals surface area contributed by atoms with Crippen LogP contribution in [0.25, 0.3) is 10.8 Å². The largest absolute Gasteiger partial charge is 0.491 e. The molecule has 4 rings (SSSR count). The van der Waals surface area contributed by atoms with Gasteiger partial charge in [-0.1, -0.05) is 66.7 Å². The molecule has 1 amide bonds. The number of fused-ring (bicyclic) bond motifs is 1. The number of amides is 1. The minimum Gasteiger partial charge on any atom is -0.491 e. The Bertz CT molecular complexity index is 1370. The normalized spacial score (nSPS) is 12.0. The van der Waals surface area contributed by atoms with E-state index in [2.05, 4.69) is 10.3 Å². The number of rotatable bonds is 9. The summed E-state index contributed by atoms with van der Waals surface area (Å²) in [4.78, 5) is 30.3. The lowest BCUT2D eigenvalue weighted by Crippen LogP contribution is -2.43. The smallest absolute Gasteiger partial charge is 0.408 e. The number of carbonyl (C=O) groups excluding carboxylic acids is 2. The fourth-order valence-electron chi connectivity index (χ4n) is 3.97. The van der Waals surface area contributed by atoms with Gasteiger partial charge in [-0.05, 0) is 55.3 Å². The van der Waals surface area contributed by atoms with Crippen molar-refractivity contribution in [2.75, 3.05) is 6.61 Å². The maximum absolute atomic E-state index is 13.3. The molecule has 0 bridgehead atoms. The first kappa shape index (κ1) is 26.7. The highest BCUT2D eigenvalue weighted by Crippen LogP contribution is 2.29. The third-order valence-electron chi connectivity index (χ3n) is 5.65. The quantitative estimate of drug-likeness (QED) is 0.273. The summed E-state index contributed by atoms with van der Waals surface area (Å²) in [5.41, 5.74) is 1.38. The Hall–Kier alpha value is -4.39. The second-order valence-corrected chi connectivity index (χ2v) is 9.90. The van der Waals surface area contributed by atoms with E-state index in [9.17, 15) is 9.59 Å². The van der Waals surface area contributed by atoms with Gasteiger partial charge in [0.05, 0.1) is 6.04 Å². The molecule has 1 heterocycles. The number of nitrogens with one attached hydrogen (secondary N) is 1. The molecule has 1 atom stereocenters. The van der Waals surface area contributed by atoms with Crippen molar-refractivity contribution in [3.8, 4) is 5.75 Å². The van der Waals surface area contributed by atoms with Gasteiger partial charge in [-0.2, -0.15) is 0 Å². The van der Waals surface area contributed by atoms with Crippen molar-refractivity contribution in [1.29, 1.82) is 0 Å². The van der Waals surface area contributed by atoms with Crippen molar-refractivity contribution in [2.45, 2.75) is 45.4 Å². The fourth-order valence-corrected chi connectivity index (χ4v) is 3.97. The number of hydrogen-bond acceptors (Lipinski definition) is 6. The minimum absolute atomic E-state index is 0.0904. The maximum Gasteiger partial charge on any atom is 0.408 e. The monoisotopic (exact) mass is 512 g/mol. The zero-order chi connectivity index (χ0) is 27.0. The molecule has 0 aliphatic carbocycles. The molecule has 0 unspecified atom stereocenters. The summed E-state index contributed by atoms with van der Waals surface area (Å²) >= 11 is 0. The van der Waals surface area contributed by atoms with Gasteiger partial charge in [-0.15, -0.1) is 0 Å². The SMILES string of the molecule is CC(C)(C)OC(=O)N[C@@H](COc1ccc2ccccc2c1C(=O)OCc1ccccc1)Cc1ccccn1. The van der Waals surface area contributed by atoms with Crippen molar-refractivity contribution in [3.05, 3.63) is 108 Å². The molecule has 0 saturated heterocycles. The predicted molar refractivity (Wildman–Crippen MR) is 146 cm³/mol. The van der Waals surface area contributed by atoms with Crippen LogP contribution < -0.4 is 10.1 Å². The highest BCUT2D eigenvalue weighted by Gasteiger charge is 2.23. The predicted octanol–water partition coefficient (Wildman–Crippen LogP) is 6.11. The lowest BCUT2D eigenvalue weighted by atomic mass is 10.0. The highest BCUT2D eigenvalue weighted by molar-refractivity contribution is 6.07. The Morgan fingerprint density at radius 2 is 1.63 bits per heavy atom. The summed E-state index contributed by atoms with van der Waals surface area (Å²) in [5.74, 6) is -0.110. The van der Waals surface area contributed by atoms with E-state index in [-0.39, 0.29) is 13.2 Å². The maximum atomic E-state index is 13.3. The highest BCUT2D eigenvalue weighted by atomic mass is 16.6. The number of pyridine rings is 1. The number of hydrogen-bond donors (Lipinski definition) is 1. The zero-order valence-corrected chi connectivity index (χ0v) is 21.8. The van der Waals surface area contributed by atoms with E-state index in [0.29, 0.717) is 17.7 Å². The van der Waals surface area contributed by atoms with Gasteiger partial charge in [-0.25, -0.2) is 9.59 Å². The summed E-state index contributed by atoms with van der Waals surface area (Å²) in [7, 11) is 0. The number of aromatic nitrogens is 1. The molecule has 38 heavy (non-hydrogen) atoms. The van der Waals surface area contributed by atoms with Crippen molar-refractivity contribution in [1.82, 2.24) is 10.3 Å². The van der Waals surface area contributed by atoms with Gasteiger partial charge in [0.15, 0.2) is 0 Å². The molecule has 1 N–H and O–H groups in total. The van der Waals surface area contributed by atoms with Crippen molar-refractivity contribution in [3.63, 3.8) is 0 Å². The summed E-state index contributed by atoms with van der Waals surface area (Å²) in [5, 5.41) is 4.50. The summed E-state index contributed by atoms with van der Waals surface area (Å²) in [6.07, 6.45) is 1.56. The molecule has 0 spiro atoms. The average molecular weight is 513 g/mol. The van der Waals surface area contributed by atoms with Gasteiger partial charge in [0.2, 0.25) is 0 Å². The van der Waals surface area contributed by atoms with E-state index >= 15 is 0 Å². The fraction of sp³-hybridized carbons (Fsp3) is 0.258. The first-order chi connectivity index (χ1) is 18.3. The van der Waals surface area contributed by atoms with Gasteiger partial charge >= 0.3 is 12.1 Å². The van der Waals surface area contributed by atoms with Gasteiger partial charge in [0.1, 0.15) is 30.1 Å². The third kappa shape index (κ3) is 7.56. The van der Waals surface area contributed by atoms with Gasteiger partial charge in [0, 0.05) is 18.3 Å². The molecule has 0 fully saturated rings. The first-order valence-corrected chi connectivity index (χ1v) is 12.5. The van der Waals surface area contributed by atoms with Gasteiger partial charge in [0.25, 0.3) is 0 Å². The molecule has 0 saturated carbocycles. The Kier molecular flexibility index (Phi) is 8.58. The Morgan fingerprint density at radius 1 is 0.895 bits per heavy atom. The molecule has 7 heteroatoms. The van der Waals surface area contributed by atoms with E-state index in [1.54, 1.807) is 33.0 Å². The third-order valence-corrected chi connectivity index (χ3v) is 5.65. The van der Waals surface area contributed by atoms with Crippen LogP contribution in [0.4, 0.5) is 4.79 Å². The first-order valence-electron chi connectivity index (χ1n) is 12.5. The van der Waals surface area contributed by atoms with Crippen molar-refractivity contribution in [2.24, 2.45) is 0 Å². The van der Waals surface area contributed by atoms with Crippen molar-refractivity contribution < 1.29 is 23.8 Å². The van der Waals surface area contributed by atoms with E-state index < -0.39 is 23.7 Å². The second kappa shape index (κ2) is 12.2. The molecule has 0 aliphatic heterocycles. The number of benzene rings is 3. The summed E-state index contributed by atoms with van der Waals surface area (Å²) < 4.78 is 17.3. The number of alkyl carbamates (subject to hydrolysis) is 1. The van der Waals surface area contributed by atoms with E-state index in [4.69, 9.17) is 14.2 Å². The van der Waals surface area contributed by atoms with Crippen LogP contribution in [-0.4, -0.2) is 35.3 Å². The lowest BCUT2D eigenvalue weighted by molar-refractivity contribution is 0.0455. The number of ether oxygens (including phenoxy) is 3. The van der Waals surface area contributed by atoms with Crippen LogP contribution >= 0.6 is 0 Å². The molecule has 196 valence electrons. The Balaban J connectivity index is 1.56. The number of carbonyl (C=O) groups is 2. The van der Waals surface area contributed by atoms with E-state index in [1.807, 2.05) is 78.9 Å². The molecular weight excluding hydrogens is 480 g/mol. The molecule has 3 aromatic carbocycles. The van der Waals surface area contributed by atoms with E-state index in [0.717, 1.165) is 22.0 Å². The molecule has 1 aromatic heterocycles. The second-order valence-electron chi connectivity index (χ2n) is 9.90. The standard InChI is InChI=1S/C31H32N2O5/c1-31(2,3)38-30(35)33-25(19-24-14-9-10-18-32-24)21-36-27-17-16-23-13-7-8-15-26(23)28(27)29(34)37-20-22-11-5-4-6-12-22/h4-18,25H,19-21H2,1-3H3,(H,33,35)/t25-/m1/s1. The molecular formula is C31H32N2O5. The minimum atomic E-state index is -0.644. The van der Waals surface area contributed by atoms with Crippen LogP contribution in [0.1, 0.15) is 42.4 Å². The van der Waals surface area contributed by atoms with Gasteiger partial charge < -0.3 is 19.5 Å². The summed E-state index contributed by atoms with van der Waals surface area (Å²) in [6.45, 7) is 5.65. The van der Waals surface area contributed by atoms with Crippen LogP contribution in [0, 0.1) is 0 Å². The molecule has 4 aromatic rings. The average Bonchev–Trinajstić information content (AvgIpc) is 2.90. The lowest BCUT2D eigenvalue weighted by Gasteiger charge is -2.24. The van der Waals surface area contributed by atoms with Gasteiger partial charge in [-0.3, -0.25) is 4.98 Å². The summed E-state index contributed by atoms with van der Waals surface area (Å²) in [6, 6.07) is 25.9. The van der Waals surface area contributed by atoms with Crippen LogP contribution in [-0.2, 0) is 22.5 Å². The van der Waals surface area contributed by atoms with Crippen LogP contribution in [0.5, 0.6) is 5.75 Å². The number of esters is 1. The Labute approximate surface area is 222 Å². The van der Waals surface area contributed by atoms with Crippen molar-refractivity contribution >= 4 is 22.8 Å². The topological polar surface area (TPSA) is 86.8 Å². The van der Waals surface area contributed by atoms with Crippen LogP contribution in [0.15, 0.2) is 91.1 Å². The zero-order valence-electron chi connectivity index (χ0n) is 21.8. The van der Waals surface area contributed by atoms with E-state index in [1.165, 1.54) is 0 Å². The van der Waals surface area contributed by atoms with Crippen LogP contribution in [0.3, 0.4) is 0 Å². The molecule has 0 aliphatic rings. The molecule has 7 nitrogen and oxygen atoms in total. The Morgan fingerprint density at radius 3 is 2.37 bits per heavy atom.